The first-order valence-corrected chi connectivity index (χ1v) is 5.53. The molecule has 2 nitrogen and oxygen atoms in total. The maximum absolute atomic E-state index is 11.6. The third kappa shape index (κ3) is 2.58. The highest BCUT2D eigenvalue weighted by molar-refractivity contribution is 7.12. The van der Waals surface area contributed by atoms with E-state index in [-0.39, 0.29) is 5.97 Å². The van der Waals surface area contributed by atoms with Crippen molar-refractivity contribution in [1.29, 1.82) is 0 Å². The molecular formula is C11H7ClO2S. The predicted octanol–water partition coefficient (Wildman–Crippen LogP) is 3.62. The Hall–Kier alpha value is -1.32. The van der Waals surface area contributed by atoms with Gasteiger partial charge in [-0.3, -0.25) is 0 Å². The van der Waals surface area contributed by atoms with Gasteiger partial charge in [0.25, 0.3) is 0 Å². The first-order chi connectivity index (χ1) is 7.25. The monoisotopic (exact) mass is 238 g/mol. The largest absolute Gasteiger partial charge is 0.422 e. The number of rotatable bonds is 2. The average Bonchev–Trinajstić information content (AvgIpc) is 2.66. The van der Waals surface area contributed by atoms with Crippen LogP contribution in [0.4, 0.5) is 0 Å². The van der Waals surface area contributed by atoms with Crippen LogP contribution >= 0.6 is 22.9 Å². The molecule has 0 aliphatic carbocycles. The summed E-state index contributed by atoms with van der Waals surface area (Å²) in [5, 5.41) is 2.25. The van der Waals surface area contributed by atoms with E-state index in [2.05, 4.69) is 0 Å². The summed E-state index contributed by atoms with van der Waals surface area (Å²) in [4.78, 5) is 12.1. The highest BCUT2D eigenvalue weighted by Crippen LogP contribution is 2.21. The first kappa shape index (κ1) is 10.2. The second kappa shape index (κ2) is 4.47. The summed E-state index contributed by atoms with van der Waals surface area (Å²) >= 11 is 6.98. The molecule has 0 saturated carbocycles. The van der Waals surface area contributed by atoms with E-state index < -0.39 is 0 Å². The zero-order chi connectivity index (χ0) is 10.7. The summed E-state index contributed by atoms with van der Waals surface area (Å²) in [5.41, 5.74) is 0. The Bertz CT molecular complexity index is 464. The van der Waals surface area contributed by atoms with Gasteiger partial charge in [-0.1, -0.05) is 29.8 Å². The molecule has 0 fully saturated rings. The number of carbonyl (C=O) groups excluding carboxylic acids is 1. The maximum Gasteiger partial charge on any atom is 0.353 e. The van der Waals surface area contributed by atoms with Crippen LogP contribution < -0.4 is 4.74 Å². The highest BCUT2D eigenvalue weighted by atomic mass is 35.5. The fourth-order valence-corrected chi connectivity index (χ4v) is 2.01. The molecule has 0 aliphatic heterocycles. The lowest BCUT2D eigenvalue weighted by molar-refractivity contribution is 0.0740. The molecule has 0 radical (unpaired) electrons. The number of thiophene rings is 1. The van der Waals surface area contributed by atoms with Crippen molar-refractivity contribution in [2.45, 2.75) is 0 Å². The van der Waals surface area contributed by atoms with Gasteiger partial charge in [-0.2, -0.15) is 0 Å². The van der Waals surface area contributed by atoms with E-state index in [1.165, 1.54) is 11.3 Å². The van der Waals surface area contributed by atoms with Crippen LogP contribution in [0.15, 0.2) is 41.8 Å². The molecule has 0 saturated heterocycles. The summed E-state index contributed by atoms with van der Waals surface area (Å²) in [6.07, 6.45) is 0. The fourth-order valence-electron chi connectivity index (χ4n) is 1.07. The van der Waals surface area contributed by atoms with Crippen molar-refractivity contribution >= 4 is 28.9 Å². The third-order valence-electron chi connectivity index (χ3n) is 1.72. The maximum atomic E-state index is 11.6. The molecule has 1 aromatic carbocycles. The molecule has 0 unspecified atom stereocenters. The van der Waals surface area contributed by atoms with Gasteiger partial charge in [-0.15, -0.1) is 11.3 Å². The smallest absolute Gasteiger partial charge is 0.353 e. The van der Waals surface area contributed by atoms with E-state index in [0.717, 1.165) is 0 Å². The minimum absolute atomic E-state index is 0.377. The Balaban J connectivity index is 2.11. The van der Waals surface area contributed by atoms with Gasteiger partial charge in [0.1, 0.15) is 10.6 Å². The van der Waals surface area contributed by atoms with Crippen LogP contribution in [0.2, 0.25) is 5.02 Å². The Morgan fingerprint density at radius 1 is 1.27 bits per heavy atom. The Kier molecular flexibility index (Phi) is 3.04. The van der Waals surface area contributed by atoms with Gasteiger partial charge in [0.2, 0.25) is 0 Å². The van der Waals surface area contributed by atoms with E-state index in [1.807, 2.05) is 18.2 Å². The molecule has 2 rings (SSSR count). The molecule has 2 aromatic rings. The minimum Gasteiger partial charge on any atom is -0.422 e. The Morgan fingerprint density at radius 2 is 2.00 bits per heavy atom. The van der Waals surface area contributed by atoms with Gasteiger partial charge in [0.05, 0.1) is 5.02 Å². The Morgan fingerprint density at radius 3 is 2.60 bits per heavy atom. The van der Waals surface area contributed by atoms with E-state index in [0.29, 0.717) is 15.6 Å². The van der Waals surface area contributed by atoms with Crippen molar-refractivity contribution in [3.05, 3.63) is 51.7 Å². The van der Waals surface area contributed by atoms with E-state index >= 15 is 0 Å². The number of esters is 1. The minimum atomic E-state index is -0.377. The van der Waals surface area contributed by atoms with Gasteiger partial charge >= 0.3 is 5.97 Å². The van der Waals surface area contributed by atoms with Gasteiger partial charge in [0.15, 0.2) is 0 Å². The molecule has 1 heterocycles. The second-order valence-electron chi connectivity index (χ2n) is 2.83. The number of para-hydroxylation sites is 1. The molecular weight excluding hydrogens is 232 g/mol. The zero-order valence-electron chi connectivity index (χ0n) is 7.64. The summed E-state index contributed by atoms with van der Waals surface area (Å²) in [7, 11) is 0. The van der Waals surface area contributed by atoms with E-state index in [9.17, 15) is 4.79 Å². The Labute approximate surface area is 96.1 Å². The van der Waals surface area contributed by atoms with E-state index in [1.54, 1.807) is 23.6 Å². The molecule has 1 aromatic heterocycles. The van der Waals surface area contributed by atoms with Gasteiger partial charge < -0.3 is 4.74 Å². The lowest BCUT2D eigenvalue weighted by Crippen LogP contribution is -2.05. The van der Waals surface area contributed by atoms with Crippen LogP contribution in [-0.2, 0) is 0 Å². The van der Waals surface area contributed by atoms with Crippen LogP contribution in [-0.4, -0.2) is 5.97 Å². The number of hydrogen-bond acceptors (Lipinski definition) is 3. The molecule has 0 aliphatic rings. The van der Waals surface area contributed by atoms with Crippen LogP contribution in [0.5, 0.6) is 5.75 Å². The number of ether oxygens (including phenoxy) is 1. The molecule has 15 heavy (non-hydrogen) atoms. The average molecular weight is 239 g/mol. The van der Waals surface area contributed by atoms with Crippen LogP contribution in [0.1, 0.15) is 9.67 Å². The third-order valence-corrected chi connectivity index (χ3v) is 2.98. The molecule has 0 atom stereocenters. The fraction of sp³-hybridized carbons (Fsp3) is 0. The summed E-state index contributed by atoms with van der Waals surface area (Å²) in [5.74, 6) is 0.158. The summed E-state index contributed by atoms with van der Waals surface area (Å²) in [6, 6.07) is 10.5. The highest BCUT2D eigenvalue weighted by Gasteiger charge is 2.10. The lowest BCUT2D eigenvalue weighted by atomic mass is 10.3. The van der Waals surface area contributed by atoms with Crippen molar-refractivity contribution in [3.63, 3.8) is 0 Å². The summed E-state index contributed by atoms with van der Waals surface area (Å²) < 4.78 is 5.13. The second-order valence-corrected chi connectivity index (χ2v) is 4.18. The van der Waals surface area contributed by atoms with Crippen LogP contribution in [0.3, 0.4) is 0 Å². The van der Waals surface area contributed by atoms with Crippen molar-refractivity contribution in [2.24, 2.45) is 0 Å². The first-order valence-electron chi connectivity index (χ1n) is 4.27. The molecule has 0 amide bonds. The topological polar surface area (TPSA) is 26.3 Å². The van der Waals surface area contributed by atoms with Gasteiger partial charge in [-0.25, -0.2) is 4.79 Å². The normalized spacial score (nSPS) is 9.93. The molecule has 0 bridgehead atoms. The van der Waals surface area contributed by atoms with E-state index in [4.69, 9.17) is 16.3 Å². The zero-order valence-corrected chi connectivity index (χ0v) is 9.22. The van der Waals surface area contributed by atoms with Gasteiger partial charge in [0, 0.05) is 5.38 Å². The van der Waals surface area contributed by atoms with Crippen molar-refractivity contribution in [1.82, 2.24) is 0 Å². The number of halogens is 1. The summed E-state index contributed by atoms with van der Waals surface area (Å²) in [6.45, 7) is 0. The number of benzene rings is 1. The number of hydrogen-bond donors (Lipinski definition) is 0. The number of carbonyl (C=O) groups is 1. The molecule has 76 valence electrons. The quantitative estimate of drug-likeness (QED) is 0.590. The van der Waals surface area contributed by atoms with Crippen molar-refractivity contribution < 1.29 is 9.53 Å². The molecule has 0 N–H and O–H groups in total. The molecule has 0 spiro atoms. The van der Waals surface area contributed by atoms with Crippen molar-refractivity contribution in [3.8, 4) is 5.75 Å². The molecule has 4 heteroatoms. The van der Waals surface area contributed by atoms with Gasteiger partial charge in [-0.05, 0) is 18.2 Å². The lowest BCUT2D eigenvalue weighted by Gasteiger charge is -2.00. The predicted molar refractivity (Wildman–Crippen MR) is 60.7 cm³/mol. The standard InChI is InChI=1S/C11H7ClO2S/c12-8-6-10(15-7-8)11(13)14-9-4-2-1-3-5-9/h1-7H. The SMILES string of the molecule is O=C(Oc1ccccc1)c1cc(Cl)cs1. The van der Waals surface area contributed by atoms with Crippen LogP contribution in [0, 0.1) is 0 Å². The van der Waals surface area contributed by atoms with Crippen molar-refractivity contribution in [2.75, 3.05) is 0 Å². The van der Waals surface area contributed by atoms with Crippen LogP contribution in [0.25, 0.3) is 0 Å².